The number of nitrogens with one attached hydrogen (secondary N) is 1. The quantitative estimate of drug-likeness (QED) is 0.589. The van der Waals surface area contributed by atoms with Crippen LogP contribution in [0.3, 0.4) is 0 Å². The van der Waals surface area contributed by atoms with Gasteiger partial charge >= 0.3 is 0 Å². The Morgan fingerprint density at radius 2 is 2.03 bits per heavy atom. The summed E-state index contributed by atoms with van der Waals surface area (Å²) in [5.41, 5.74) is 11.2. The molecule has 1 atom stereocenters. The molecule has 1 aliphatic rings. The van der Waals surface area contributed by atoms with Gasteiger partial charge in [-0.05, 0) is 44.0 Å². The van der Waals surface area contributed by atoms with Gasteiger partial charge in [-0.15, -0.1) is 4.31 Å². The van der Waals surface area contributed by atoms with Crippen LogP contribution < -0.4 is 11.1 Å². The highest BCUT2D eigenvalue weighted by Gasteiger charge is 2.22. The molecule has 8 nitrogen and oxygen atoms in total. The molecule has 160 valence electrons. The number of anilines is 1. The van der Waals surface area contributed by atoms with Gasteiger partial charge < -0.3 is 15.6 Å². The van der Waals surface area contributed by atoms with Gasteiger partial charge in [-0.25, -0.2) is 15.0 Å². The molecule has 2 aromatic heterocycles. The Morgan fingerprint density at radius 3 is 2.77 bits per heavy atom. The van der Waals surface area contributed by atoms with Gasteiger partial charge in [-0.1, -0.05) is 6.07 Å². The first kappa shape index (κ1) is 21.2. The second-order valence-electron chi connectivity index (χ2n) is 7.40. The van der Waals surface area contributed by atoms with E-state index in [4.69, 9.17) is 10.7 Å². The summed E-state index contributed by atoms with van der Waals surface area (Å²) in [6.45, 7) is 5.14. The summed E-state index contributed by atoms with van der Waals surface area (Å²) in [4.78, 5) is 26.2. The largest absolute Gasteiger partial charge is 0.593 e. The maximum Gasteiger partial charge on any atom is 0.251 e. The number of aryl methyl sites for hydroxylation is 1. The molecule has 0 bridgehead atoms. The summed E-state index contributed by atoms with van der Waals surface area (Å²) in [5.74, 6) is 0.245. The summed E-state index contributed by atoms with van der Waals surface area (Å²) in [7, 11) is 1.81. The summed E-state index contributed by atoms with van der Waals surface area (Å²) >= 11 is -1.26. The van der Waals surface area contributed by atoms with Crippen LogP contribution in [0.5, 0.6) is 0 Å². The van der Waals surface area contributed by atoms with Crippen LogP contribution >= 0.6 is 0 Å². The Hall–Kier alpha value is -3.01. The molecular formula is C22H24N6O2S. The van der Waals surface area contributed by atoms with Crippen molar-refractivity contribution in [2.45, 2.75) is 25.2 Å². The average Bonchev–Trinajstić information content (AvgIpc) is 2.78. The van der Waals surface area contributed by atoms with Crippen molar-refractivity contribution < 1.29 is 9.35 Å². The molecule has 0 radical (unpaired) electrons. The number of benzene rings is 1. The molecule has 1 amide bonds. The van der Waals surface area contributed by atoms with Crippen LogP contribution in [0.4, 0.5) is 5.82 Å². The minimum Gasteiger partial charge on any atom is -0.593 e. The van der Waals surface area contributed by atoms with E-state index in [2.05, 4.69) is 15.3 Å². The van der Waals surface area contributed by atoms with Crippen LogP contribution in [0.1, 0.15) is 28.4 Å². The molecule has 0 fully saturated rings. The number of aromatic nitrogens is 3. The number of amides is 1. The van der Waals surface area contributed by atoms with Gasteiger partial charge in [0.25, 0.3) is 5.91 Å². The number of nitrogens with zero attached hydrogens (tertiary/aromatic N) is 4. The van der Waals surface area contributed by atoms with Crippen molar-refractivity contribution in [1.29, 1.82) is 0 Å². The van der Waals surface area contributed by atoms with Crippen molar-refractivity contribution >= 4 is 23.1 Å². The van der Waals surface area contributed by atoms with Crippen molar-refractivity contribution in [2.75, 3.05) is 25.9 Å². The highest BCUT2D eigenvalue weighted by atomic mass is 32.2. The number of hydrogen-bond acceptors (Lipinski definition) is 7. The van der Waals surface area contributed by atoms with Gasteiger partial charge in [0.1, 0.15) is 17.2 Å². The normalized spacial score (nSPS) is 14.3. The minimum absolute atomic E-state index is 0.0634. The second kappa shape index (κ2) is 8.62. The molecular weight excluding hydrogens is 412 g/mol. The predicted octanol–water partition coefficient (Wildman–Crippen LogP) is 2.36. The lowest BCUT2D eigenvalue weighted by molar-refractivity contribution is 0.0946. The zero-order chi connectivity index (χ0) is 22.1. The van der Waals surface area contributed by atoms with E-state index in [9.17, 15) is 9.35 Å². The third-order valence-corrected chi connectivity index (χ3v) is 6.97. The fourth-order valence-corrected chi connectivity index (χ4v) is 4.51. The molecule has 1 aliphatic heterocycles. The molecule has 0 spiro atoms. The zero-order valence-electron chi connectivity index (χ0n) is 17.7. The first-order valence-corrected chi connectivity index (χ1v) is 11.1. The molecule has 1 unspecified atom stereocenters. The highest BCUT2D eigenvalue weighted by Crippen LogP contribution is 2.29. The van der Waals surface area contributed by atoms with E-state index in [1.807, 2.05) is 39.1 Å². The number of nitrogens with two attached hydrogens (primary N) is 1. The van der Waals surface area contributed by atoms with Gasteiger partial charge in [-0.3, -0.25) is 4.79 Å². The minimum atomic E-state index is -1.26. The van der Waals surface area contributed by atoms with E-state index in [0.717, 1.165) is 23.1 Å². The lowest BCUT2D eigenvalue weighted by atomic mass is 9.96. The van der Waals surface area contributed by atoms with Gasteiger partial charge in [0.15, 0.2) is 4.90 Å². The van der Waals surface area contributed by atoms with E-state index < -0.39 is 11.4 Å². The third-order valence-electron chi connectivity index (χ3n) is 5.35. The maximum atomic E-state index is 12.6. The summed E-state index contributed by atoms with van der Waals surface area (Å²) < 4.78 is 14.3. The number of hydrogen-bond donors (Lipinski definition) is 2. The zero-order valence-corrected chi connectivity index (χ0v) is 18.5. The van der Waals surface area contributed by atoms with Crippen molar-refractivity contribution in [1.82, 2.24) is 24.6 Å². The van der Waals surface area contributed by atoms with E-state index in [1.54, 1.807) is 22.8 Å². The summed E-state index contributed by atoms with van der Waals surface area (Å²) in [6, 6.07) is 7.44. The van der Waals surface area contributed by atoms with Gasteiger partial charge in [0.2, 0.25) is 0 Å². The monoisotopic (exact) mass is 436 g/mol. The molecule has 3 aromatic rings. The van der Waals surface area contributed by atoms with Gasteiger partial charge in [0.05, 0.1) is 29.4 Å². The fraction of sp³-hybridized carbons (Fsp3) is 0.273. The van der Waals surface area contributed by atoms with Crippen LogP contribution in [0.2, 0.25) is 0 Å². The number of nitrogen functional groups attached to an aromatic ring is 1. The fourth-order valence-electron chi connectivity index (χ4n) is 3.46. The Bertz CT molecular complexity index is 1150. The summed E-state index contributed by atoms with van der Waals surface area (Å²) in [6.07, 6.45) is 3.97. The molecule has 0 saturated carbocycles. The molecule has 1 aromatic carbocycles. The van der Waals surface area contributed by atoms with Crippen molar-refractivity contribution in [3.63, 3.8) is 0 Å². The van der Waals surface area contributed by atoms with Crippen molar-refractivity contribution in [3.8, 4) is 22.6 Å². The molecule has 3 N–H and O–H groups in total. The molecule has 0 saturated heterocycles. The van der Waals surface area contributed by atoms with Crippen LogP contribution in [-0.2, 0) is 17.8 Å². The van der Waals surface area contributed by atoms with E-state index >= 15 is 0 Å². The van der Waals surface area contributed by atoms with Crippen LogP contribution in [-0.4, -0.2) is 49.9 Å². The molecule has 31 heavy (non-hydrogen) atoms. The van der Waals surface area contributed by atoms with E-state index in [0.29, 0.717) is 46.4 Å². The summed E-state index contributed by atoms with van der Waals surface area (Å²) in [5, 5.41) is 2.84. The van der Waals surface area contributed by atoms with E-state index in [-0.39, 0.29) is 5.91 Å². The second-order valence-corrected chi connectivity index (χ2v) is 8.96. The molecule has 3 heterocycles. The van der Waals surface area contributed by atoms with Crippen molar-refractivity contribution in [3.05, 3.63) is 53.3 Å². The third kappa shape index (κ3) is 4.12. The Morgan fingerprint density at radius 1 is 1.23 bits per heavy atom. The van der Waals surface area contributed by atoms with Crippen LogP contribution in [0.15, 0.2) is 41.6 Å². The SMILES string of the molecule is CCN(C)[S+]([O-])c1cnc(-c2cnc(N)c(-c3ccc4c(c3)CCNC4=O)n2)cc1C. The first-order chi connectivity index (χ1) is 14.9. The van der Waals surface area contributed by atoms with E-state index in [1.165, 1.54) is 0 Å². The van der Waals surface area contributed by atoms with Gasteiger partial charge in [0, 0.05) is 36.8 Å². The number of carbonyl (C=O) groups excluding carboxylic acids is 1. The lowest BCUT2D eigenvalue weighted by Gasteiger charge is -2.19. The van der Waals surface area contributed by atoms with Crippen LogP contribution in [0, 0.1) is 6.92 Å². The highest BCUT2D eigenvalue weighted by molar-refractivity contribution is 7.89. The Balaban J connectivity index is 1.70. The number of carbonyl (C=O) groups is 1. The Kier molecular flexibility index (Phi) is 5.90. The average molecular weight is 437 g/mol. The smallest absolute Gasteiger partial charge is 0.251 e. The number of rotatable bonds is 5. The van der Waals surface area contributed by atoms with Crippen LogP contribution in [0.25, 0.3) is 22.6 Å². The van der Waals surface area contributed by atoms with Gasteiger partial charge in [-0.2, -0.15) is 0 Å². The topological polar surface area (TPSA) is 120 Å². The standard InChI is InChI=1S/C22H24N6O2S/c1-4-28(3)31(30)19-12-25-17(9-13(19)2)18-11-26-21(23)20(27-18)15-5-6-16-14(10-15)7-8-24-22(16)29/h5-6,9-12H,4,7-8H2,1-3H3,(H2,23,26)(H,24,29). The maximum absolute atomic E-state index is 12.6. The lowest BCUT2D eigenvalue weighted by Crippen LogP contribution is -2.31. The van der Waals surface area contributed by atoms with Crippen molar-refractivity contribution in [2.24, 2.45) is 0 Å². The molecule has 4 rings (SSSR count). The molecule has 0 aliphatic carbocycles. The number of pyridine rings is 1. The number of fused-ring (bicyclic) bond motifs is 1. The Labute approximate surface area is 184 Å². The first-order valence-electron chi connectivity index (χ1n) is 10.0. The predicted molar refractivity (Wildman–Crippen MR) is 121 cm³/mol. The molecule has 9 heteroatoms.